The van der Waals surface area contributed by atoms with Crippen LogP contribution in [0.2, 0.25) is 0 Å². The van der Waals surface area contributed by atoms with Crippen molar-refractivity contribution in [2.45, 2.75) is 26.2 Å². The molecule has 0 N–H and O–H groups in total. The van der Waals surface area contributed by atoms with Crippen molar-refractivity contribution in [3.05, 3.63) is 23.8 Å². The Morgan fingerprint density at radius 3 is 2.85 bits per heavy atom. The molecule has 0 heterocycles. The van der Waals surface area contributed by atoms with E-state index in [1.165, 1.54) is 0 Å². The summed E-state index contributed by atoms with van der Waals surface area (Å²) >= 11 is 0. The number of nitriles is 2. The van der Waals surface area contributed by atoms with E-state index in [4.69, 9.17) is 10.5 Å². The van der Waals surface area contributed by atoms with Crippen LogP contribution in [-0.4, -0.2) is 0 Å². The highest BCUT2D eigenvalue weighted by molar-refractivity contribution is 5.40. The number of allylic oxidation sites excluding steroid dienone is 4. The van der Waals surface area contributed by atoms with Crippen LogP contribution in [0, 0.1) is 28.1 Å². The second kappa shape index (κ2) is 3.92. The normalized spacial score (nSPS) is 25.9. The van der Waals surface area contributed by atoms with E-state index in [1.807, 2.05) is 6.08 Å². The third-order valence-corrected chi connectivity index (χ3v) is 2.26. The van der Waals surface area contributed by atoms with Gasteiger partial charge in [-0.3, -0.25) is 0 Å². The Bertz CT molecular complexity index is 325. The topological polar surface area (TPSA) is 47.6 Å². The minimum Gasteiger partial charge on any atom is -0.197 e. The molecule has 0 aromatic heterocycles. The van der Waals surface area contributed by atoms with Crippen LogP contribution in [0.25, 0.3) is 0 Å². The van der Waals surface area contributed by atoms with Crippen molar-refractivity contribution in [2.24, 2.45) is 5.41 Å². The highest BCUT2D eigenvalue weighted by Gasteiger charge is 2.27. The van der Waals surface area contributed by atoms with E-state index < -0.39 is 5.41 Å². The summed E-state index contributed by atoms with van der Waals surface area (Å²) in [7, 11) is 0. The molecule has 2 heteroatoms. The SMILES string of the molecule is CCCC1(C#N)C=C(C#N)C=CC1. The van der Waals surface area contributed by atoms with Gasteiger partial charge in [0.2, 0.25) is 0 Å². The summed E-state index contributed by atoms with van der Waals surface area (Å²) in [6.07, 6.45) is 8.04. The lowest BCUT2D eigenvalue weighted by atomic mass is 9.77. The van der Waals surface area contributed by atoms with Gasteiger partial charge in [0, 0.05) is 5.57 Å². The summed E-state index contributed by atoms with van der Waals surface area (Å²) < 4.78 is 0. The Morgan fingerprint density at radius 1 is 1.54 bits per heavy atom. The largest absolute Gasteiger partial charge is 0.197 e. The summed E-state index contributed by atoms with van der Waals surface area (Å²) in [5, 5.41) is 17.8. The predicted molar refractivity (Wildman–Crippen MR) is 50.4 cm³/mol. The summed E-state index contributed by atoms with van der Waals surface area (Å²) in [5.41, 5.74) is 0.190. The molecule has 1 rings (SSSR count). The number of rotatable bonds is 2. The fraction of sp³-hybridized carbons (Fsp3) is 0.455. The van der Waals surface area contributed by atoms with Crippen molar-refractivity contribution < 1.29 is 0 Å². The first-order valence-corrected chi connectivity index (χ1v) is 4.47. The van der Waals surface area contributed by atoms with Crippen LogP contribution < -0.4 is 0 Å². The summed E-state index contributed by atoms with van der Waals surface area (Å²) in [6.45, 7) is 2.05. The lowest BCUT2D eigenvalue weighted by molar-refractivity contribution is 0.457. The zero-order valence-electron chi connectivity index (χ0n) is 7.75. The van der Waals surface area contributed by atoms with Crippen molar-refractivity contribution in [1.82, 2.24) is 0 Å². The van der Waals surface area contributed by atoms with Gasteiger partial charge in [-0.25, -0.2) is 0 Å². The minimum absolute atomic E-state index is 0.422. The highest BCUT2D eigenvalue weighted by Crippen LogP contribution is 2.34. The molecule has 0 saturated heterocycles. The lowest BCUT2D eigenvalue weighted by Gasteiger charge is -2.23. The van der Waals surface area contributed by atoms with E-state index in [9.17, 15) is 0 Å². The van der Waals surface area contributed by atoms with Gasteiger partial charge >= 0.3 is 0 Å². The molecule has 1 unspecified atom stereocenters. The van der Waals surface area contributed by atoms with Crippen molar-refractivity contribution in [2.75, 3.05) is 0 Å². The van der Waals surface area contributed by atoms with E-state index in [2.05, 4.69) is 19.1 Å². The van der Waals surface area contributed by atoms with Crippen LogP contribution in [0.3, 0.4) is 0 Å². The molecule has 0 fully saturated rings. The van der Waals surface area contributed by atoms with E-state index in [1.54, 1.807) is 12.2 Å². The first kappa shape index (κ1) is 9.55. The minimum atomic E-state index is -0.422. The molecule has 13 heavy (non-hydrogen) atoms. The first-order valence-electron chi connectivity index (χ1n) is 4.47. The van der Waals surface area contributed by atoms with Crippen LogP contribution in [0.15, 0.2) is 23.8 Å². The molecule has 0 aromatic carbocycles. The van der Waals surface area contributed by atoms with Gasteiger partial charge < -0.3 is 0 Å². The molecule has 1 aliphatic carbocycles. The molecule has 0 aliphatic heterocycles. The van der Waals surface area contributed by atoms with Crippen molar-refractivity contribution in [3.63, 3.8) is 0 Å². The van der Waals surface area contributed by atoms with Crippen molar-refractivity contribution >= 4 is 0 Å². The molecule has 0 radical (unpaired) electrons. The Morgan fingerprint density at radius 2 is 2.31 bits per heavy atom. The number of nitrogens with zero attached hydrogens (tertiary/aromatic N) is 2. The van der Waals surface area contributed by atoms with Gasteiger partial charge in [-0.1, -0.05) is 19.4 Å². The number of hydrogen-bond acceptors (Lipinski definition) is 2. The smallest absolute Gasteiger partial charge is 0.0988 e. The zero-order chi connectivity index (χ0) is 9.73. The van der Waals surface area contributed by atoms with Gasteiger partial charge in [-0.15, -0.1) is 0 Å². The van der Waals surface area contributed by atoms with Crippen LogP contribution in [0.5, 0.6) is 0 Å². The molecule has 1 aliphatic rings. The number of hydrogen-bond donors (Lipinski definition) is 0. The molecular weight excluding hydrogens is 160 g/mol. The first-order chi connectivity index (χ1) is 6.26. The molecule has 1 atom stereocenters. The summed E-state index contributed by atoms with van der Waals surface area (Å²) in [4.78, 5) is 0. The summed E-state index contributed by atoms with van der Waals surface area (Å²) in [6, 6.07) is 4.38. The van der Waals surface area contributed by atoms with Crippen molar-refractivity contribution in [1.29, 1.82) is 10.5 Å². The van der Waals surface area contributed by atoms with Gasteiger partial charge in [0.1, 0.15) is 0 Å². The quantitative estimate of drug-likeness (QED) is 0.643. The Hall–Kier alpha value is -1.54. The molecule has 2 nitrogen and oxygen atoms in total. The van der Waals surface area contributed by atoms with Gasteiger partial charge in [-0.2, -0.15) is 10.5 Å². The predicted octanol–water partition coefficient (Wildman–Crippen LogP) is 2.71. The van der Waals surface area contributed by atoms with Crippen LogP contribution in [0.1, 0.15) is 26.2 Å². The molecule has 0 amide bonds. The maximum atomic E-state index is 9.05. The molecule has 0 saturated carbocycles. The van der Waals surface area contributed by atoms with Crippen LogP contribution in [0.4, 0.5) is 0 Å². The van der Waals surface area contributed by atoms with E-state index in [0.29, 0.717) is 5.57 Å². The van der Waals surface area contributed by atoms with E-state index >= 15 is 0 Å². The maximum Gasteiger partial charge on any atom is 0.0988 e. The van der Waals surface area contributed by atoms with E-state index in [0.717, 1.165) is 19.3 Å². The molecular formula is C11H12N2. The molecule has 0 bridgehead atoms. The van der Waals surface area contributed by atoms with Gasteiger partial charge in [0.25, 0.3) is 0 Å². The van der Waals surface area contributed by atoms with Gasteiger partial charge in [0.15, 0.2) is 0 Å². The Kier molecular flexibility index (Phi) is 2.88. The third-order valence-electron chi connectivity index (χ3n) is 2.26. The standard InChI is InChI=1S/C11H12N2/c1-2-5-11(9-13)6-3-4-10(7-11)8-12/h3-4,7H,2,5-6H2,1H3. The third kappa shape index (κ3) is 1.98. The summed E-state index contributed by atoms with van der Waals surface area (Å²) in [5.74, 6) is 0. The molecule has 0 aromatic rings. The Labute approximate surface area is 78.8 Å². The fourth-order valence-corrected chi connectivity index (χ4v) is 1.62. The monoisotopic (exact) mass is 172 g/mol. The Balaban J connectivity index is 2.93. The average molecular weight is 172 g/mol. The maximum absolute atomic E-state index is 9.05. The van der Waals surface area contributed by atoms with Crippen LogP contribution >= 0.6 is 0 Å². The van der Waals surface area contributed by atoms with Crippen LogP contribution in [-0.2, 0) is 0 Å². The zero-order valence-corrected chi connectivity index (χ0v) is 7.75. The average Bonchev–Trinajstić information content (AvgIpc) is 2.19. The molecule has 66 valence electrons. The van der Waals surface area contributed by atoms with Gasteiger partial charge in [-0.05, 0) is 25.0 Å². The molecule has 0 spiro atoms. The highest BCUT2D eigenvalue weighted by atomic mass is 14.4. The lowest BCUT2D eigenvalue weighted by Crippen LogP contribution is -2.16. The van der Waals surface area contributed by atoms with Crippen molar-refractivity contribution in [3.8, 4) is 12.1 Å². The van der Waals surface area contributed by atoms with E-state index in [-0.39, 0.29) is 0 Å². The van der Waals surface area contributed by atoms with Gasteiger partial charge in [0.05, 0.1) is 17.6 Å². The second-order valence-electron chi connectivity index (χ2n) is 3.34. The second-order valence-corrected chi connectivity index (χ2v) is 3.34. The fourth-order valence-electron chi connectivity index (χ4n) is 1.62.